The van der Waals surface area contributed by atoms with E-state index in [1.807, 2.05) is 32.0 Å². The zero-order chi connectivity index (χ0) is 65.4. The van der Waals surface area contributed by atoms with Gasteiger partial charge in [-0.15, -0.1) is 0 Å². The number of ether oxygens (including phenoxy) is 2. The number of methoxy groups -OCH3 is 2. The Balaban J connectivity index is 1.72. The molecule has 488 valence electrons. The first-order valence-corrected chi connectivity index (χ1v) is 30.9. The van der Waals surface area contributed by atoms with Crippen LogP contribution in [0.25, 0.3) is 0 Å². The van der Waals surface area contributed by atoms with Crippen molar-refractivity contribution in [2.45, 2.75) is 194 Å². The van der Waals surface area contributed by atoms with Crippen molar-refractivity contribution >= 4 is 65.0 Å². The van der Waals surface area contributed by atoms with Gasteiger partial charge >= 0.3 is 6.03 Å². The molecule has 0 spiro atoms. The number of nitrogens with zero attached hydrogens (tertiary/aromatic N) is 4. The van der Waals surface area contributed by atoms with Gasteiger partial charge in [-0.05, 0) is 74.7 Å². The zero-order valence-electron chi connectivity index (χ0n) is 53.9. The molecule has 0 radical (unpaired) electrons. The van der Waals surface area contributed by atoms with Gasteiger partial charge in [-0.3, -0.25) is 52.8 Å². The Kier molecular flexibility index (Phi) is 31.2. The molecule has 0 aromatic heterocycles. The summed E-state index contributed by atoms with van der Waals surface area (Å²) in [5.41, 5.74) is 5.92. The van der Waals surface area contributed by atoms with Gasteiger partial charge in [0.2, 0.25) is 41.4 Å². The lowest BCUT2D eigenvalue weighted by molar-refractivity contribution is -0.148. The first-order chi connectivity index (χ1) is 41.0. The van der Waals surface area contributed by atoms with E-state index in [0.717, 1.165) is 4.90 Å². The second-order valence-electron chi connectivity index (χ2n) is 24.4. The van der Waals surface area contributed by atoms with Crippen molar-refractivity contribution in [3.63, 3.8) is 0 Å². The molecule has 2 aliphatic heterocycles. The van der Waals surface area contributed by atoms with E-state index in [1.54, 1.807) is 79.5 Å². The fraction of sp³-hybridized carbons (Fsp3) is 0.698. The average molecular weight is 1220 g/mol. The van der Waals surface area contributed by atoms with E-state index in [4.69, 9.17) is 15.2 Å². The number of nitrogens with one attached hydrogen (secondary N) is 5. The first kappa shape index (κ1) is 74.5. The maximum atomic E-state index is 14.8. The number of benzene rings is 1. The highest BCUT2D eigenvalue weighted by Crippen LogP contribution is 2.30. The first-order valence-electron chi connectivity index (χ1n) is 30.9. The van der Waals surface area contributed by atoms with Crippen molar-refractivity contribution in [3.8, 4) is 0 Å². The Hall–Kier alpha value is -6.79. The summed E-state index contributed by atoms with van der Waals surface area (Å²) in [7, 11) is 6.04. The maximum absolute atomic E-state index is 14.8. The van der Waals surface area contributed by atoms with Gasteiger partial charge in [-0.25, -0.2) is 4.79 Å². The third-order valence-corrected chi connectivity index (χ3v) is 17.0. The number of carbonyl (C=O) groups is 11. The number of Topliss-reactive ketones (excluding diaryl/α,β-unsaturated/α-hetero) is 1. The fourth-order valence-electron chi connectivity index (χ4n) is 11.7. The number of likely N-dealkylation sites (N-methyl/N-ethyl adjacent to an activating group) is 2. The van der Waals surface area contributed by atoms with Gasteiger partial charge in [0.25, 0.3) is 11.8 Å². The Morgan fingerprint density at radius 1 is 0.736 bits per heavy atom. The SMILES string of the molecule is CC[C@H](C)[C@@H]([C@@H](CC(=O)N1CCC[C@H]1[C@H](OC)[C@@H](C)C(=O)N[C@H](C)[C@@H](O)c1ccccc1)OC)N(C)C(=O)[C@@H](NC(=O)[C@H](C(C)C)N(C)C(=O)CNC(=O)C(CCCNC(N)=O)CC(=O)[C@@H](NC(=O)CCCCCN1C(=O)C=CC1=O)C(C)C)C(C)C. The number of urea groups is 1. The van der Waals surface area contributed by atoms with Crippen molar-refractivity contribution in [2.75, 3.05) is 54.5 Å². The minimum Gasteiger partial charge on any atom is -0.386 e. The summed E-state index contributed by atoms with van der Waals surface area (Å²) in [5.74, 6) is -7.66. The monoisotopic (exact) mass is 1220 g/mol. The molecule has 8 N–H and O–H groups in total. The molecule has 87 heavy (non-hydrogen) atoms. The molecule has 1 aromatic carbocycles. The number of hydrogen-bond donors (Lipinski definition) is 7. The number of primary amides is 1. The van der Waals surface area contributed by atoms with Gasteiger partial charge in [-0.2, -0.15) is 0 Å². The average Bonchev–Trinajstić information content (AvgIpc) is 4.25. The molecule has 0 saturated carbocycles. The fourth-order valence-corrected chi connectivity index (χ4v) is 11.7. The second kappa shape index (κ2) is 36.5. The van der Waals surface area contributed by atoms with Gasteiger partial charge in [-0.1, -0.05) is 105 Å². The summed E-state index contributed by atoms with van der Waals surface area (Å²) in [4.78, 5) is 153. The molecule has 2 aliphatic rings. The second-order valence-corrected chi connectivity index (χ2v) is 24.4. The van der Waals surface area contributed by atoms with Gasteiger partial charge in [0.05, 0.1) is 61.4 Å². The van der Waals surface area contributed by atoms with Crippen molar-refractivity contribution in [1.82, 2.24) is 46.2 Å². The van der Waals surface area contributed by atoms with Crippen molar-refractivity contribution in [3.05, 3.63) is 48.0 Å². The minimum absolute atomic E-state index is 0.0834. The quantitative estimate of drug-likeness (QED) is 0.0368. The Labute approximate surface area is 514 Å². The van der Waals surface area contributed by atoms with E-state index in [9.17, 15) is 57.8 Å². The number of unbranched alkanes of at least 4 members (excludes halogenated alkanes) is 2. The van der Waals surface area contributed by atoms with Gasteiger partial charge < -0.3 is 61.6 Å². The summed E-state index contributed by atoms with van der Waals surface area (Å²) in [6, 6.07) is 3.40. The number of carbonyl (C=O) groups excluding carboxylic acids is 11. The third-order valence-electron chi connectivity index (χ3n) is 17.0. The standard InChI is InChI=1S/C63H102N10O14/c1-15-40(8)56(47(86-13)35-51(78)72-33-23-27-45(72)58(87-14)41(9)59(81)67-42(10)57(80)43-24-18-16-19-25-43)71(12)62(84)54(38(4)5)69-61(83)55(39(6)7)70(11)52(79)36-66-60(82)44(26-22-31-65-63(64)85)34-46(74)53(37(2)3)68-48(75)28-20-17-21-32-73-49(76)29-30-50(73)77/h16,18-19,24-25,29-30,37-42,44-45,47,53-58,80H,15,17,20-23,26-28,31-36H2,1-14H3,(H,66,82)(H,67,81)(H,68,75)(H,69,83)(H3,64,65,85)/t40-,41+,42+,44?,45-,47+,53-,54-,55-,56-,57+,58+/m0/s1. The molecule has 24 heteroatoms. The molecule has 3 rings (SSSR count). The molecule has 1 saturated heterocycles. The molecule has 1 fully saturated rings. The lowest BCUT2D eigenvalue weighted by Gasteiger charge is -2.41. The highest BCUT2D eigenvalue weighted by molar-refractivity contribution is 6.12. The number of rotatable bonds is 38. The predicted octanol–water partition coefficient (Wildman–Crippen LogP) is 3.54. The number of ketones is 1. The van der Waals surface area contributed by atoms with E-state index in [-0.39, 0.29) is 86.6 Å². The Morgan fingerprint density at radius 3 is 1.93 bits per heavy atom. The third kappa shape index (κ3) is 22.1. The summed E-state index contributed by atoms with van der Waals surface area (Å²) in [5, 5.41) is 24.7. The molecule has 2 heterocycles. The number of hydrogen-bond acceptors (Lipinski definition) is 14. The van der Waals surface area contributed by atoms with Crippen LogP contribution in [0.3, 0.4) is 0 Å². The number of nitrogens with two attached hydrogens (primary N) is 1. The van der Waals surface area contributed by atoms with Crippen molar-refractivity contribution < 1.29 is 67.3 Å². The predicted molar refractivity (Wildman–Crippen MR) is 327 cm³/mol. The number of aliphatic hydroxyl groups excluding tert-OH is 1. The van der Waals surface area contributed by atoms with Crippen LogP contribution in [0, 0.1) is 35.5 Å². The van der Waals surface area contributed by atoms with E-state index < -0.39 is 120 Å². The highest BCUT2D eigenvalue weighted by Gasteiger charge is 2.44. The van der Waals surface area contributed by atoms with Gasteiger partial charge in [0, 0.05) is 78.9 Å². The largest absolute Gasteiger partial charge is 0.386 e. The number of aliphatic hydroxyl groups is 1. The number of imide groups is 1. The van der Waals surface area contributed by atoms with Crippen LogP contribution in [0.1, 0.15) is 152 Å². The Morgan fingerprint density at radius 2 is 1.37 bits per heavy atom. The van der Waals surface area contributed by atoms with Crippen LogP contribution in [0.15, 0.2) is 42.5 Å². The normalized spacial score (nSPS) is 18.0. The lowest BCUT2D eigenvalue weighted by Crippen LogP contribution is -2.60. The van der Waals surface area contributed by atoms with E-state index in [2.05, 4.69) is 26.6 Å². The van der Waals surface area contributed by atoms with Gasteiger partial charge in [0.15, 0.2) is 5.78 Å². The van der Waals surface area contributed by atoms with Crippen LogP contribution in [-0.2, 0) is 57.4 Å². The van der Waals surface area contributed by atoms with E-state index >= 15 is 0 Å². The molecule has 24 nitrogen and oxygen atoms in total. The molecule has 1 aromatic rings. The highest BCUT2D eigenvalue weighted by atomic mass is 16.5. The molecular weight excluding hydrogens is 1120 g/mol. The molecule has 0 aliphatic carbocycles. The minimum atomic E-state index is -1.12. The van der Waals surface area contributed by atoms with Crippen LogP contribution in [0.5, 0.6) is 0 Å². The van der Waals surface area contributed by atoms with Crippen molar-refractivity contribution in [2.24, 2.45) is 41.2 Å². The topological polar surface area (TPSA) is 326 Å². The van der Waals surface area contributed by atoms with E-state index in [1.165, 1.54) is 43.2 Å². The smallest absolute Gasteiger partial charge is 0.312 e. The summed E-state index contributed by atoms with van der Waals surface area (Å²) >= 11 is 0. The molecule has 0 bridgehead atoms. The van der Waals surface area contributed by atoms with Crippen LogP contribution in [0.2, 0.25) is 0 Å². The molecular formula is C63H102N10O14. The zero-order valence-corrected chi connectivity index (χ0v) is 53.9. The maximum Gasteiger partial charge on any atom is 0.312 e. The molecule has 1 unspecified atom stereocenters. The van der Waals surface area contributed by atoms with Gasteiger partial charge in [0.1, 0.15) is 12.1 Å². The number of amides is 11. The molecule has 12 atom stereocenters. The Bertz CT molecular complexity index is 2490. The summed E-state index contributed by atoms with van der Waals surface area (Å²) < 4.78 is 12.0. The van der Waals surface area contributed by atoms with Crippen LogP contribution in [-0.4, -0.2) is 193 Å². The number of likely N-dealkylation sites (tertiary alicyclic amines) is 1. The van der Waals surface area contributed by atoms with Crippen LogP contribution < -0.4 is 32.3 Å². The summed E-state index contributed by atoms with van der Waals surface area (Å²) in [6.07, 6.45) is 3.38. The van der Waals surface area contributed by atoms with Crippen LogP contribution >= 0.6 is 0 Å². The van der Waals surface area contributed by atoms with Crippen LogP contribution in [0.4, 0.5) is 4.79 Å². The molecule has 11 amide bonds. The van der Waals surface area contributed by atoms with Crippen molar-refractivity contribution in [1.29, 1.82) is 0 Å². The van der Waals surface area contributed by atoms with E-state index in [0.29, 0.717) is 50.6 Å². The lowest BCUT2D eigenvalue weighted by atomic mass is 9.89. The summed E-state index contributed by atoms with van der Waals surface area (Å²) in [6.45, 7) is 18.1.